The number of unbranched alkanes of at least 4 members (excludes halogenated alkanes) is 1. The number of rotatable bonds is 5. The van der Waals surface area contributed by atoms with Crippen molar-refractivity contribution in [1.29, 1.82) is 0 Å². The second-order valence-electron chi connectivity index (χ2n) is 4.02. The Morgan fingerprint density at radius 3 is 3.00 bits per heavy atom. The fourth-order valence-corrected chi connectivity index (χ4v) is 1.88. The maximum absolute atomic E-state index is 6.07. The van der Waals surface area contributed by atoms with Crippen LogP contribution in [-0.4, -0.2) is 18.8 Å². The van der Waals surface area contributed by atoms with Crippen molar-refractivity contribution in [3.05, 3.63) is 12.7 Å². The summed E-state index contributed by atoms with van der Waals surface area (Å²) in [4.78, 5) is 0. The Morgan fingerprint density at radius 2 is 2.46 bits per heavy atom. The Morgan fingerprint density at radius 1 is 1.69 bits per heavy atom. The summed E-state index contributed by atoms with van der Waals surface area (Å²) in [6.45, 7) is 6.68. The van der Waals surface area contributed by atoms with Gasteiger partial charge in [0.05, 0.1) is 12.7 Å². The van der Waals surface area contributed by atoms with Crippen molar-refractivity contribution in [2.24, 2.45) is 11.7 Å². The molecule has 3 atom stereocenters. The molecule has 0 aliphatic carbocycles. The molecule has 0 aromatic carbocycles. The van der Waals surface area contributed by atoms with Gasteiger partial charge in [0, 0.05) is 6.04 Å². The van der Waals surface area contributed by atoms with Gasteiger partial charge in [-0.25, -0.2) is 0 Å². The van der Waals surface area contributed by atoms with Crippen LogP contribution >= 0.6 is 0 Å². The van der Waals surface area contributed by atoms with E-state index in [1.54, 1.807) is 0 Å². The largest absolute Gasteiger partial charge is 0.378 e. The fourth-order valence-electron chi connectivity index (χ4n) is 1.88. The Labute approximate surface area is 81.1 Å². The summed E-state index contributed by atoms with van der Waals surface area (Å²) in [5.74, 6) is 0.583. The van der Waals surface area contributed by atoms with E-state index in [-0.39, 0.29) is 0 Å². The van der Waals surface area contributed by atoms with Crippen molar-refractivity contribution in [3.8, 4) is 0 Å². The average Bonchev–Trinajstić information content (AvgIpc) is 2.52. The van der Waals surface area contributed by atoms with Crippen LogP contribution in [0.1, 0.15) is 32.6 Å². The van der Waals surface area contributed by atoms with Crippen molar-refractivity contribution in [2.45, 2.75) is 44.8 Å². The zero-order chi connectivity index (χ0) is 9.68. The first-order valence-corrected chi connectivity index (χ1v) is 5.22. The van der Waals surface area contributed by atoms with Gasteiger partial charge in [-0.1, -0.05) is 6.08 Å². The molecule has 0 saturated carbocycles. The smallest absolute Gasteiger partial charge is 0.0551 e. The highest BCUT2D eigenvalue weighted by Crippen LogP contribution is 2.23. The van der Waals surface area contributed by atoms with Gasteiger partial charge >= 0.3 is 0 Å². The summed E-state index contributed by atoms with van der Waals surface area (Å²) in [6.07, 6.45) is 6.85. The second-order valence-corrected chi connectivity index (χ2v) is 4.02. The third-order valence-corrected chi connectivity index (χ3v) is 2.78. The van der Waals surface area contributed by atoms with Gasteiger partial charge in [-0.3, -0.25) is 0 Å². The van der Waals surface area contributed by atoms with Crippen molar-refractivity contribution < 1.29 is 4.74 Å². The van der Waals surface area contributed by atoms with Crippen LogP contribution in [0.4, 0.5) is 0 Å². The van der Waals surface area contributed by atoms with Crippen molar-refractivity contribution in [1.82, 2.24) is 0 Å². The monoisotopic (exact) mass is 183 g/mol. The molecule has 0 aromatic rings. The van der Waals surface area contributed by atoms with Crippen LogP contribution in [0.2, 0.25) is 0 Å². The number of hydrogen-bond acceptors (Lipinski definition) is 2. The third kappa shape index (κ3) is 3.49. The Bertz CT molecular complexity index is 158. The standard InChI is InChI=1S/C11H21NO/c1-3-4-5-6-11(12)10-7-9(2)13-8-10/h3,9-11H,1,4-8,12H2,2H3. The summed E-state index contributed by atoms with van der Waals surface area (Å²) >= 11 is 0. The van der Waals surface area contributed by atoms with E-state index in [0.717, 1.165) is 32.3 Å². The van der Waals surface area contributed by atoms with Gasteiger partial charge in [-0.15, -0.1) is 6.58 Å². The van der Waals surface area contributed by atoms with Crippen molar-refractivity contribution >= 4 is 0 Å². The summed E-state index contributed by atoms with van der Waals surface area (Å²) in [5, 5.41) is 0. The van der Waals surface area contributed by atoms with E-state index >= 15 is 0 Å². The maximum Gasteiger partial charge on any atom is 0.0551 e. The lowest BCUT2D eigenvalue weighted by Gasteiger charge is -2.16. The number of allylic oxidation sites excluding steroid dienone is 1. The van der Waals surface area contributed by atoms with E-state index < -0.39 is 0 Å². The van der Waals surface area contributed by atoms with Crippen LogP contribution in [0, 0.1) is 5.92 Å². The molecular formula is C11H21NO. The number of hydrogen-bond donors (Lipinski definition) is 1. The van der Waals surface area contributed by atoms with Crippen LogP contribution in [0.3, 0.4) is 0 Å². The first kappa shape index (κ1) is 10.7. The molecule has 1 rings (SSSR count). The Kier molecular flexibility index (Phi) is 4.46. The Hall–Kier alpha value is -0.340. The molecule has 1 heterocycles. The lowest BCUT2D eigenvalue weighted by Crippen LogP contribution is -2.30. The van der Waals surface area contributed by atoms with E-state index in [2.05, 4.69) is 13.5 Å². The highest BCUT2D eigenvalue weighted by molar-refractivity contribution is 4.80. The topological polar surface area (TPSA) is 35.2 Å². The SMILES string of the molecule is C=CCCCC(N)C1COC(C)C1. The van der Waals surface area contributed by atoms with E-state index in [0.29, 0.717) is 18.1 Å². The van der Waals surface area contributed by atoms with Gasteiger partial charge in [0.1, 0.15) is 0 Å². The van der Waals surface area contributed by atoms with Gasteiger partial charge in [0.2, 0.25) is 0 Å². The molecule has 2 N–H and O–H groups in total. The summed E-state index contributed by atoms with van der Waals surface area (Å²) in [7, 11) is 0. The zero-order valence-corrected chi connectivity index (χ0v) is 8.54. The van der Waals surface area contributed by atoms with Gasteiger partial charge < -0.3 is 10.5 Å². The normalized spacial score (nSPS) is 30.3. The van der Waals surface area contributed by atoms with Gasteiger partial charge in [0.25, 0.3) is 0 Å². The van der Waals surface area contributed by atoms with Crippen molar-refractivity contribution in [3.63, 3.8) is 0 Å². The molecule has 13 heavy (non-hydrogen) atoms. The molecule has 2 nitrogen and oxygen atoms in total. The molecule has 1 aliphatic rings. The highest BCUT2D eigenvalue weighted by Gasteiger charge is 2.26. The first-order valence-electron chi connectivity index (χ1n) is 5.22. The third-order valence-electron chi connectivity index (χ3n) is 2.78. The minimum Gasteiger partial charge on any atom is -0.378 e. The number of nitrogens with two attached hydrogens (primary N) is 1. The fraction of sp³-hybridized carbons (Fsp3) is 0.818. The second kappa shape index (κ2) is 5.40. The molecule has 76 valence electrons. The molecule has 0 aromatic heterocycles. The number of ether oxygens (including phenoxy) is 1. The van der Waals surface area contributed by atoms with Gasteiger partial charge in [-0.2, -0.15) is 0 Å². The van der Waals surface area contributed by atoms with Crippen LogP contribution in [0.25, 0.3) is 0 Å². The molecular weight excluding hydrogens is 162 g/mol. The molecule has 1 fully saturated rings. The molecule has 1 aliphatic heterocycles. The van der Waals surface area contributed by atoms with Crippen molar-refractivity contribution in [2.75, 3.05) is 6.61 Å². The minimum absolute atomic E-state index is 0.324. The summed E-state index contributed by atoms with van der Waals surface area (Å²) < 4.78 is 5.49. The highest BCUT2D eigenvalue weighted by atomic mass is 16.5. The van der Waals surface area contributed by atoms with E-state index in [9.17, 15) is 0 Å². The quantitative estimate of drug-likeness (QED) is 0.523. The predicted octanol–water partition coefficient (Wildman–Crippen LogP) is 2.09. The van der Waals surface area contributed by atoms with E-state index in [1.165, 1.54) is 0 Å². The molecule has 2 heteroatoms. The molecule has 1 saturated heterocycles. The molecule has 0 bridgehead atoms. The van der Waals surface area contributed by atoms with Crippen LogP contribution in [0.15, 0.2) is 12.7 Å². The molecule has 0 radical (unpaired) electrons. The van der Waals surface area contributed by atoms with Crippen LogP contribution in [-0.2, 0) is 4.74 Å². The van der Waals surface area contributed by atoms with Crippen LogP contribution < -0.4 is 5.73 Å². The minimum atomic E-state index is 0.324. The first-order chi connectivity index (χ1) is 6.24. The zero-order valence-electron chi connectivity index (χ0n) is 8.54. The summed E-state index contributed by atoms with van der Waals surface area (Å²) in [6, 6.07) is 0.324. The molecule has 0 spiro atoms. The summed E-state index contributed by atoms with van der Waals surface area (Å²) in [5.41, 5.74) is 6.07. The predicted molar refractivity (Wildman–Crippen MR) is 55.5 cm³/mol. The lowest BCUT2D eigenvalue weighted by atomic mass is 9.94. The van der Waals surface area contributed by atoms with Crippen LogP contribution in [0.5, 0.6) is 0 Å². The molecule has 3 unspecified atom stereocenters. The van der Waals surface area contributed by atoms with E-state index in [1.807, 2.05) is 6.08 Å². The Balaban J connectivity index is 2.15. The average molecular weight is 183 g/mol. The maximum atomic E-state index is 6.07. The van der Waals surface area contributed by atoms with Gasteiger partial charge in [0.15, 0.2) is 0 Å². The molecule has 0 amide bonds. The lowest BCUT2D eigenvalue weighted by molar-refractivity contribution is 0.118. The van der Waals surface area contributed by atoms with E-state index in [4.69, 9.17) is 10.5 Å². The van der Waals surface area contributed by atoms with Gasteiger partial charge in [-0.05, 0) is 38.5 Å².